The van der Waals surface area contributed by atoms with E-state index in [9.17, 15) is 4.79 Å². The molecule has 0 saturated heterocycles. The number of hydrogen-bond acceptors (Lipinski definition) is 2. The molecule has 16 heavy (non-hydrogen) atoms. The van der Waals surface area contributed by atoms with Gasteiger partial charge in [-0.15, -0.1) is 0 Å². The molecule has 0 aliphatic heterocycles. The molecule has 1 unspecified atom stereocenters. The Morgan fingerprint density at radius 3 is 2.81 bits per heavy atom. The number of nitrogens with one attached hydrogen (secondary N) is 1. The van der Waals surface area contributed by atoms with E-state index in [1.165, 1.54) is 0 Å². The maximum atomic E-state index is 11.8. The van der Waals surface area contributed by atoms with E-state index in [0.29, 0.717) is 11.3 Å². The third-order valence-corrected chi connectivity index (χ3v) is 3.08. The number of halogens is 1. The van der Waals surface area contributed by atoms with Crippen molar-refractivity contribution in [2.45, 2.75) is 32.7 Å². The van der Waals surface area contributed by atoms with Gasteiger partial charge in [0.1, 0.15) is 0 Å². The summed E-state index contributed by atoms with van der Waals surface area (Å²) in [4.78, 5) is 11.8. The molecule has 3 nitrogen and oxygen atoms in total. The average Bonchev–Trinajstić information content (AvgIpc) is 2.22. The molecule has 0 spiro atoms. The van der Waals surface area contributed by atoms with Crippen molar-refractivity contribution in [2.75, 3.05) is 5.73 Å². The first-order valence-electron chi connectivity index (χ1n) is 5.40. The van der Waals surface area contributed by atoms with Crippen LogP contribution in [-0.4, -0.2) is 11.9 Å². The van der Waals surface area contributed by atoms with E-state index in [2.05, 4.69) is 28.2 Å². The number of nitrogens with two attached hydrogens (primary N) is 1. The maximum Gasteiger partial charge on any atom is 0.251 e. The summed E-state index contributed by atoms with van der Waals surface area (Å²) < 4.78 is 0.811. The summed E-state index contributed by atoms with van der Waals surface area (Å²) in [7, 11) is 0. The van der Waals surface area contributed by atoms with Crippen LogP contribution in [0.15, 0.2) is 22.7 Å². The fraction of sp³-hybridized carbons (Fsp3) is 0.417. The Labute approximate surface area is 105 Å². The van der Waals surface area contributed by atoms with Crippen LogP contribution in [0, 0.1) is 0 Å². The zero-order valence-corrected chi connectivity index (χ0v) is 11.2. The van der Waals surface area contributed by atoms with Gasteiger partial charge in [0, 0.05) is 21.8 Å². The topological polar surface area (TPSA) is 55.1 Å². The van der Waals surface area contributed by atoms with E-state index >= 15 is 0 Å². The fourth-order valence-electron chi connectivity index (χ4n) is 1.50. The lowest BCUT2D eigenvalue weighted by molar-refractivity contribution is 0.0938. The lowest BCUT2D eigenvalue weighted by atomic mass is 10.1. The summed E-state index contributed by atoms with van der Waals surface area (Å²) in [6.07, 6.45) is 2.04. The van der Waals surface area contributed by atoms with Crippen LogP contribution in [0.25, 0.3) is 0 Å². The molecule has 3 N–H and O–H groups in total. The standard InChI is InChI=1S/C12H17BrN2O/c1-3-4-8(2)15-12(16)9-5-6-10(13)11(14)7-9/h5-8H,3-4,14H2,1-2H3,(H,15,16). The van der Waals surface area contributed by atoms with Crippen molar-refractivity contribution in [1.29, 1.82) is 0 Å². The lowest BCUT2D eigenvalue weighted by Crippen LogP contribution is -2.32. The largest absolute Gasteiger partial charge is 0.398 e. The van der Waals surface area contributed by atoms with Crippen LogP contribution in [0.1, 0.15) is 37.0 Å². The summed E-state index contributed by atoms with van der Waals surface area (Å²) in [5, 5.41) is 2.93. The van der Waals surface area contributed by atoms with Gasteiger partial charge in [-0.1, -0.05) is 13.3 Å². The van der Waals surface area contributed by atoms with Crippen molar-refractivity contribution in [2.24, 2.45) is 0 Å². The number of nitrogen functional groups attached to an aromatic ring is 1. The fourth-order valence-corrected chi connectivity index (χ4v) is 1.74. The van der Waals surface area contributed by atoms with Crippen molar-refractivity contribution >= 4 is 27.5 Å². The predicted molar refractivity (Wildman–Crippen MR) is 70.4 cm³/mol. The average molecular weight is 285 g/mol. The van der Waals surface area contributed by atoms with Gasteiger partial charge in [-0.2, -0.15) is 0 Å². The first-order chi connectivity index (χ1) is 7.54. The first kappa shape index (κ1) is 13.0. The van der Waals surface area contributed by atoms with Gasteiger partial charge in [-0.3, -0.25) is 4.79 Å². The number of carbonyl (C=O) groups is 1. The van der Waals surface area contributed by atoms with Crippen molar-refractivity contribution in [1.82, 2.24) is 5.32 Å². The molecule has 1 aromatic rings. The van der Waals surface area contributed by atoms with Crippen molar-refractivity contribution < 1.29 is 4.79 Å². The Kier molecular flexibility index (Phi) is 4.80. The number of amides is 1. The molecule has 0 fully saturated rings. The van der Waals surface area contributed by atoms with Gasteiger partial charge in [0.05, 0.1) is 0 Å². The van der Waals surface area contributed by atoms with Crippen LogP contribution in [0.3, 0.4) is 0 Å². The smallest absolute Gasteiger partial charge is 0.251 e. The maximum absolute atomic E-state index is 11.8. The van der Waals surface area contributed by atoms with E-state index in [0.717, 1.165) is 17.3 Å². The quantitative estimate of drug-likeness (QED) is 0.836. The molecule has 1 aromatic carbocycles. The highest BCUT2D eigenvalue weighted by Crippen LogP contribution is 2.20. The van der Waals surface area contributed by atoms with Gasteiger partial charge >= 0.3 is 0 Å². The second kappa shape index (κ2) is 5.89. The molecule has 0 aliphatic rings. The second-order valence-corrected chi connectivity index (χ2v) is 4.75. The SMILES string of the molecule is CCCC(C)NC(=O)c1ccc(Br)c(N)c1. The Hall–Kier alpha value is -1.03. The molecule has 88 valence electrons. The first-order valence-corrected chi connectivity index (χ1v) is 6.19. The van der Waals surface area contributed by atoms with Crippen LogP contribution in [-0.2, 0) is 0 Å². The van der Waals surface area contributed by atoms with E-state index < -0.39 is 0 Å². The highest BCUT2D eigenvalue weighted by molar-refractivity contribution is 9.10. The number of rotatable bonds is 4. The summed E-state index contributed by atoms with van der Waals surface area (Å²) in [6.45, 7) is 4.10. The van der Waals surface area contributed by atoms with Gasteiger partial charge < -0.3 is 11.1 Å². The minimum atomic E-state index is -0.0693. The lowest BCUT2D eigenvalue weighted by Gasteiger charge is -2.13. The molecule has 1 amide bonds. The number of benzene rings is 1. The van der Waals surface area contributed by atoms with Crippen LogP contribution in [0.2, 0.25) is 0 Å². The van der Waals surface area contributed by atoms with Gasteiger partial charge in [0.2, 0.25) is 0 Å². The summed E-state index contributed by atoms with van der Waals surface area (Å²) >= 11 is 3.30. The molecular weight excluding hydrogens is 268 g/mol. The van der Waals surface area contributed by atoms with Crippen molar-refractivity contribution in [3.63, 3.8) is 0 Å². The monoisotopic (exact) mass is 284 g/mol. The molecular formula is C12H17BrN2O. The van der Waals surface area contributed by atoms with E-state index in [1.807, 2.05) is 6.92 Å². The third kappa shape index (κ3) is 3.52. The minimum Gasteiger partial charge on any atom is -0.398 e. The summed E-state index contributed by atoms with van der Waals surface area (Å²) in [5.41, 5.74) is 6.90. The minimum absolute atomic E-state index is 0.0693. The van der Waals surface area contributed by atoms with Gasteiger partial charge in [-0.05, 0) is 47.5 Å². The molecule has 0 aromatic heterocycles. The normalized spacial score (nSPS) is 12.2. The van der Waals surface area contributed by atoms with Crippen LogP contribution >= 0.6 is 15.9 Å². The highest BCUT2D eigenvalue weighted by atomic mass is 79.9. The molecule has 1 rings (SSSR count). The van der Waals surface area contributed by atoms with Crippen LogP contribution in [0.4, 0.5) is 5.69 Å². The summed E-state index contributed by atoms with van der Waals surface area (Å²) in [5.74, 6) is -0.0693. The van der Waals surface area contributed by atoms with E-state index in [-0.39, 0.29) is 11.9 Å². The highest BCUT2D eigenvalue weighted by Gasteiger charge is 2.09. The van der Waals surface area contributed by atoms with Crippen LogP contribution < -0.4 is 11.1 Å². The number of hydrogen-bond donors (Lipinski definition) is 2. The Balaban J connectivity index is 2.69. The third-order valence-electron chi connectivity index (χ3n) is 2.36. The van der Waals surface area contributed by atoms with Crippen LogP contribution in [0.5, 0.6) is 0 Å². The van der Waals surface area contributed by atoms with E-state index in [4.69, 9.17) is 5.73 Å². The molecule has 0 saturated carbocycles. The van der Waals surface area contributed by atoms with E-state index in [1.54, 1.807) is 18.2 Å². The number of anilines is 1. The van der Waals surface area contributed by atoms with Gasteiger partial charge in [-0.25, -0.2) is 0 Å². The Bertz CT molecular complexity index is 379. The van der Waals surface area contributed by atoms with Gasteiger partial charge in [0.25, 0.3) is 5.91 Å². The van der Waals surface area contributed by atoms with Gasteiger partial charge in [0.15, 0.2) is 0 Å². The molecule has 0 bridgehead atoms. The second-order valence-electron chi connectivity index (χ2n) is 3.90. The Morgan fingerprint density at radius 2 is 2.25 bits per heavy atom. The zero-order valence-electron chi connectivity index (χ0n) is 9.59. The molecule has 4 heteroatoms. The van der Waals surface area contributed by atoms with Crippen molar-refractivity contribution in [3.8, 4) is 0 Å². The molecule has 0 radical (unpaired) electrons. The molecule has 1 atom stereocenters. The Morgan fingerprint density at radius 1 is 1.56 bits per heavy atom. The zero-order chi connectivity index (χ0) is 12.1. The summed E-state index contributed by atoms with van der Waals surface area (Å²) in [6, 6.07) is 5.42. The molecule has 0 aliphatic carbocycles. The van der Waals surface area contributed by atoms with Crippen molar-refractivity contribution in [3.05, 3.63) is 28.2 Å². The number of carbonyl (C=O) groups excluding carboxylic acids is 1. The predicted octanol–water partition coefficient (Wildman–Crippen LogP) is 2.95. The molecule has 0 heterocycles.